The third kappa shape index (κ3) is 1.91. The van der Waals surface area contributed by atoms with Crippen molar-refractivity contribution in [1.29, 1.82) is 0 Å². The van der Waals surface area contributed by atoms with Gasteiger partial charge in [0, 0.05) is 0 Å². The first-order chi connectivity index (χ1) is 5.83. The lowest BCUT2D eigenvalue weighted by Gasteiger charge is -2.31. The zero-order valence-corrected chi connectivity index (χ0v) is 8.77. The highest BCUT2D eigenvalue weighted by molar-refractivity contribution is 5.11. The summed E-state index contributed by atoms with van der Waals surface area (Å²) in [5, 5.41) is 0. The maximum Gasteiger partial charge on any atom is -0.0178 e. The van der Waals surface area contributed by atoms with Gasteiger partial charge in [-0.3, -0.25) is 0 Å². The van der Waals surface area contributed by atoms with Gasteiger partial charge in [0.15, 0.2) is 0 Å². The van der Waals surface area contributed by atoms with Gasteiger partial charge >= 0.3 is 0 Å². The second-order valence-electron chi connectivity index (χ2n) is 3.89. The SMILES string of the molecule is CCC1=CCCC(CC)C1CC. The van der Waals surface area contributed by atoms with Crippen LogP contribution in [0, 0.1) is 11.8 Å². The second-order valence-corrected chi connectivity index (χ2v) is 3.89. The standard InChI is InChI=1S/C12H22/c1-4-10-8-7-9-11(5-2)12(10)6-3/h8,11-12H,4-7,9H2,1-3H3. The Balaban J connectivity index is 2.67. The van der Waals surface area contributed by atoms with Crippen LogP contribution in [0.3, 0.4) is 0 Å². The largest absolute Gasteiger partial charge is 0.0850 e. The van der Waals surface area contributed by atoms with Crippen LogP contribution in [-0.4, -0.2) is 0 Å². The number of rotatable bonds is 3. The topological polar surface area (TPSA) is 0 Å². The van der Waals surface area contributed by atoms with E-state index in [0.29, 0.717) is 0 Å². The molecular weight excluding hydrogens is 144 g/mol. The molecule has 0 nitrogen and oxygen atoms in total. The first kappa shape index (κ1) is 9.83. The summed E-state index contributed by atoms with van der Waals surface area (Å²) in [5.74, 6) is 1.89. The minimum absolute atomic E-state index is 0.911. The van der Waals surface area contributed by atoms with E-state index in [-0.39, 0.29) is 0 Å². The van der Waals surface area contributed by atoms with Crippen LogP contribution in [0.15, 0.2) is 11.6 Å². The minimum atomic E-state index is 0.911. The fraction of sp³-hybridized carbons (Fsp3) is 0.833. The van der Waals surface area contributed by atoms with Gasteiger partial charge in [-0.05, 0) is 37.5 Å². The van der Waals surface area contributed by atoms with E-state index in [2.05, 4.69) is 26.8 Å². The van der Waals surface area contributed by atoms with Crippen LogP contribution in [0.25, 0.3) is 0 Å². The Kier molecular flexibility index (Phi) is 3.84. The zero-order chi connectivity index (χ0) is 8.97. The molecule has 2 atom stereocenters. The molecule has 0 bridgehead atoms. The Morgan fingerprint density at radius 2 is 2.00 bits per heavy atom. The molecule has 0 heterocycles. The summed E-state index contributed by atoms with van der Waals surface area (Å²) in [4.78, 5) is 0. The Bertz CT molecular complexity index is 155. The first-order valence-corrected chi connectivity index (χ1v) is 5.52. The highest BCUT2D eigenvalue weighted by atomic mass is 14.3. The average Bonchev–Trinajstić information content (AvgIpc) is 2.16. The van der Waals surface area contributed by atoms with Gasteiger partial charge in [0.25, 0.3) is 0 Å². The highest BCUT2D eigenvalue weighted by Crippen LogP contribution is 2.36. The molecule has 0 saturated heterocycles. The monoisotopic (exact) mass is 166 g/mol. The van der Waals surface area contributed by atoms with E-state index in [1.807, 2.05) is 0 Å². The summed E-state index contributed by atoms with van der Waals surface area (Å²) < 4.78 is 0. The zero-order valence-electron chi connectivity index (χ0n) is 8.77. The van der Waals surface area contributed by atoms with Gasteiger partial charge < -0.3 is 0 Å². The Labute approximate surface area is 77.1 Å². The van der Waals surface area contributed by atoms with Crippen LogP contribution >= 0.6 is 0 Å². The molecule has 0 radical (unpaired) electrons. The van der Waals surface area contributed by atoms with Crippen molar-refractivity contribution in [2.75, 3.05) is 0 Å². The summed E-state index contributed by atoms with van der Waals surface area (Å²) >= 11 is 0. The molecule has 1 aliphatic rings. The lowest BCUT2D eigenvalue weighted by Crippen LogP contribution is -2.19. The van der Waals surface area contributed by atoms with Crippen LogP contribution in [0.4, 0.5) is 0 Å². The molecule has 0 aromatic carbocycles. The maximum absolute atomic E-state index is 2.49. The molecule has 70 valence electrons. The van der Waals surface area contributed by atoms with Crippen molar-refractivity contribution < 1.29 is 0 Å². The minimum Gasteiger partial charge on any atom is -0.0850 e. The molecule has 0 fully saturated rings. The van der Waals surface area contributed by atoms with Gasteiger partial charge in [0.2, 0.25) is 0 Å². The maximum atomic E-state index is 2.49. The first-order valence-electron chi connectivity index (χ1n) is 5.52. The third-order valence-electron chi connectivity index (χ3n) is 3.36. The van der Waals surface area contributed by atoms with E-state index in [9.17, 15) is 0 Å². The van der Waals surface area contributed by atoms with Gasteiger partial charge in [-0.1, -0.05) is 38.8 Å². The van der Waals surface area contributed by atoms with Gasteiger partial charge in [-0.25, -0.2) is 0 Å². The molecule has 0 aliphatic heterocycles. The van der Waals surface area contributed by atoms with Crippen molar-refractivity contribution >= 4 is 0 Å². The van der Waals surface area contributed by atoms with E-state index in [0.717, 1.165) is 11.8 Å². The average molecular weight is 166 g/mol. The third-order valence-corrected chi connectivity index (χ3v) is 3.36. The summed E-state index contributed by atoms with van der Waals surface area (Å²) in [6, 6.07) is 0. The quantitative estimate of drug-likeness (QED) is 0.552. The van der Waals surface area contributed by atoms with Gasteiger partial charge in [0.1, 0.15) is 0 Å². The van der Waals surface area contributed by atoms with Crippen LogP contribution < -0.4 is 0 Å². The van der Waals surface area contributed by atoms with Gasteiger partial charge in [-0.15, -0.1) is 0 Å². The molecule has 0 saturated carbocycles. The lowest BCUT2D eigenvalue weighted by molar-refractivity contribution is 0.315. The molecule has 0 aromatic heterocycles. The summed E-state index contributed by atoms with van der Waals surface area (Å²) in [6.45, 7) is 6.97. The van der Waals surface area contributed by atoms with Crippen LogP contribution in [0.5, 0.6) is 0 Å². The van der Waals surface area contributed by atoms with Crippen molar-refractivity contribution in [3.05, 3.63) is 11.6 Å². The normalized spacial score (nSPS) is 30.1. The summed E-state index contributed by atoms with van der Waals surface area (Å²) in [7, 11) is 0. The lowest BCUT2D eigenvalue weighted by atomic mass is 9.75. The molecule has 0 heteroatoms. The Hall–Kier alpha value is -0.260. The van der Waals surface area contributed by atoms with E-state index < -0.39 is 0 Å². The molecule has 0 spiro atoms. The Morgan fingerprint density at radius 3 is 2.50 bits per heavy atom. The Morgan fingerprint density at radius 1 is 1.25 bits per heavy atom. The van der Waals surface area contributed by atoms with Crippen molar-refractivity contribution in [1.82, 2.24) is 0 Å². The van der Waals surface area contributed by atoms with Crippen molar-refractivity contribution in [3.63, 3.8) is 0 Å². The van der Waals surface area contributed by atoms with Crippen LogP contribution in [0.1, 0.15) is 52.9 Å². The molecule has 1 aliphatic carbocycles. The summed E-state index contributed by atoms with van der Waals surface area (Å²) in [6.07, 6.45) is 9.24. The fourth-order valence-electron chi connectivity index (χ4n) is 2.63. The van der Waals surface area contributed by atoms with Crippen LogP contribution in [-0.2, 0) is 0 Å². The molecule has 2 unspecified atom stereocenters. The number of allylic oxidation sites excluding steroid dienone is 2. The number of hydrogen-bond donors (Lipinski definition) is 0. The van der Waals surface area contributed by atoms with Crippen molar-refractivity contribution in [2.45, 2.75) is 52.9 Å². The predicted molar refractivity (Wildman–Crippen MR) is 55.2 cm³/mol. The smallest absolute Gasteiger partial charge is 0.0178 e. The highest BCUT2D eigenvalue weighted by Gasteiger charge is 2.23. The summed E-state index contributed by atoms with van der Waals surface area (Å²) in [5.41, 5.74) is 1.73. The van der Waals surface area contributed by atoms with Gasteiger partial charge in [0.05, 0.1) is 0 Å². The van der Waals surface area contributed by atoms with Crippen LogP contribution in [0.2, 0.25) is 0 Å². The molecule has 0 N–H and O–H groups in total. The fourth-order valence-corrected chi connectivity index (χ4v) is 2.63. The van der Waals surface area contributed by atoms with E-state index in [1.165, 1.54) is 32.1 Å². The molecular formula is C12H22. The molecule has 1 rings (SSSR count). The van der Waals surface area contributed by atoms with E-state index in [4.69, 9.17) is 0 Å². The molecule has 0 amide bonds. The molecule has 0 aromatic rings. The predicted octanol–water partition coefficient (Wildman–Crippen LogP) is 4.17. The molecule has 12 heavy (non-hydrogen) atoms. The number of hydrogen-bond acceptors (Lipinski definition) is 0. The van der Waals surface area contributed by atoms with Crippen molar-refractivity contribution in [3.8, 4) is 0 Å². The van der Waals surface area contributed by atoms with E-state index in [1.54, 1.807) is 5.57 Å². The second kappa shape index (κ2) is 4.69. The van der Waals surface area contributed by atoms with Gasteiger partial charge in [-0.2, -0.15) is 0 Å². The van der Waals surface area contributed by atoms with E-state index >= 15 is 0 Å². The van der Waals surface area contributed by atoms with Crippen molar-refractivity contribution in [2.24, 2.45) is 11.8 Å².